The largest absolute Gasteiger partial charge is 0.481 e. The molecule has 12 heteroatoms. The summed E-state index contributed by atoms with van der Waals surface area (Å²) in [4.78, 5) is 37.3. The summed E-state index contributed by atoms with van der Waals surface area (Å²) in [7, 11) is 0. The van der Waals surface area contributed by atoms with E-state index in [1.54, 1.807) is 30.3 Å². The molecule has 0 saturated heterocycles. The third-order valence-corrected chi connectivity index (χ3v) is 6.46. The highest BCUT2D eigenvalue weighted by Crippen LogP contribution is 2.35. The van der Waals surface area contributed by atoms with E-state index in [1.807, 2.05) is 0 Å². The first-order valence-corrected chi connectivity index (χ1v) is 11.6. The standard InChI is InChI=1S/C24H22BrF4N3O4/c1-14-20(25)22(35)31(13-18(15-7-3-2-4-8-15)30-12-6-11-19(33)34)23(36)32(14)21-16(24(27,28)29)9-5-10-17(21)26/h2-5,7-10,18,30H,6,11-13H2,1H3,(H,33,34)/t18-/m0/s1. The van der Waals surface area contributed by atoms with E-state index < -0.39 is 46.5 Å². The molecule has 1 aromatic heterocycles. The van der Waals surface area contributed by atoms with Gasteiger partial charge < -0.3 is 10.4 Å². The van der Waals surface area contributed by atoms with Gasteiger partial charge in [-0.3, -0.25) is 18.7 Å². The summed E-state index contributed by atoms with van der Waals surface area (Å²) < 4.78 is 56.9. The van der Waals surface area contributed by atoms with E-state index in [9.17, 15) is 31.9 Å². The van der Waals surface area contributed by atoms with Crippen molar-refractivity contribution in [1.82, 2.24) is 14.5 Å². The number of aliphatic carboxylic acids is 1. The molecule has 7 nitrogen and oxygen atoms in total. The summed E-state index contributed by atoms with van der Waals surface area (Å²) in [6, 6.07) is 10.3. The Morgan fingerprint density at radius 1 is 1.11 bits per heavy atom. The molecule has 0 radical (unpaired) electrons. The Hall–Kier alpha value is -3.25. The molecule has 36 heavy (non-hydrogen) atoms. The molecule has 0 fully saturated rings. The van der Waals surface area contributed by atoms with Gasteiger partial charge in [0.2, 0.25) is 0 Å². The van der Waals surface area contributed by atoms with Crippen LogP contribution in [0.15, 0.2) is 62.6 Å². The summed E-state index contributed by atoms with van der Waals surface area (Å²) in [6.45, 7) is 1.17. The maximum atomic E-state index is 14.8. The zero-order chi connectivity index (χ0) is 26.6. The number of carbonyl (C=O) groups is 1. The van der Waals surface area contributed by atoms with Crippen molar-refractivity contribution in [2.75, 3.05) is 6.54 Å². The van der Waals surface area contributed by atoms with Gasteiger partial charge in [0.25, 0.3) is 5.56 Å². The van der Waals surface area contributed by atoms with Gasteiger partial charge in [-0.25, -0.2) is 9.18 Å². The molecule has 2 aromatic carbocycles. The van der Waals surface area contributed by atoms with Crippen LogP contribution in [0.1, 0.15) is 35.7 Å². The number of aromatic nitrogens is 2. The van der Waals surface area contributed by atoms with Crippen molar-refractivity contribution in [1.29, 1.82) is 0 Å². The molecule has 0 aliphatic rings. The van der Waals surface area contributed by atoms with Crippen LogP contribution in [0.5, 0.6) is 0 Å². The molecular formula is C24H22BrF4N3O4. The number of benzene rings is 2. The highest BCUT2D eigenvalue weighted by Gasteiger charge is 2.36. The van der Waals surface area contributed by atoms with Crippen molar-refractivity contribution in [2.45, 2.75) is 38.5 Å². The summed E-state index contributed by atoms with van der Waals surface area (Å²) in [5.41, 5.74) is -3.85. The van der Waals surface area contributed by atoms with Gasteiger partial charge in [0.1, 0.15) is 10.3 Å². The van der Waals surface area contributed by atoms with E-state index in [4.69, 9.17) is 5.11 Å². The van der Waals surface area contributed by atoms with Gasteiger partial charge in [-0.15, -0.1) is 0 Å². The average molecular weight is 572 g/mol. The van der Waals surface area contributed by atoms with Crippen molar-refractivity contribution in [3.63, 3.8) is 0 Å². The Morgan fingerprint density at radius 3 is 2.39 bits per heavy atom. The van der Waals surface area contributed by atoms with Crippen LogP contribution in [0.2, 0.25) is 0 Å². The van der Waals surface area contributed by atoms with Crippen molar-refractivity contribution >= 4 is 21.9 Å². The van der Waals surface area contributed by atoms with Crippen LogP contribution in [0, 0.1) is 12.7 Å². The zero-order valence-corrected chi connectivity index (χ0v) is 20.6. The Bertz CT molecular complexity index is 1370. The zero-order valence-electron chi connectivity index (χ0n) is 19.0. The monoisotopic (exact) mass is 571 g/mol. The van der Waals surface area contributed by atoms with Gasteiger partial charge in [0, 0.05) is 12.1 Å². The minimum Gasteiger partial charge on any atom is -0.481 e. The number of hydrogen-bond donors (Lipinski definition) is 2. The number of alkyl halides is 3. The van der Waals surface area contributed by atoms with Gasteiger partial charge in [0.15, 0.2) is 0 Å². The predicted octanol–water partition coefficient (Wildman–Crippen LogP) is 4.42. The van der Waals surface area contributed by atoms with E-state index in [1.165, 1.54) is 6.92 Å². The first kappa shape index (κ1) is 27.3. The van der Waals surface area contributed by atoms with E-state index >= 15 is 0 Å². The van der Waals surface area contributed by atoms with Crippen LogP contribution in [0.25, 0.3) is 5.69 Å². The number of para-hydroxylation sites is 1. The number of carboxylic acid groups (broad SMARTS) is 1. The SMILES string of the molecule is Cc1c(Br)c(=O)n(C[C@H](NCCCC(=O)O)c2ccccc2)c(=O)n1-c1c(F)cccc1C(F)(F)F. The second-order valence-electron chi connectivity index (χ2n) is 7.98. The third-order valence-electron chi connectivity index (χ3n) is 5.55. The lowest BCUT2D eigenvalue weighted by atomic mass is 10.1. The van der Waals surface area contributed by atoms with E-state index in [2.05, 4.69) is 21.2 Å². The molecule has 0 unspecified atom stereocenters. The number of nitrogens with zero attached hydrogens (tertiary/aromatic N) is 2. The molecule has 0 saturated carbocycles. The van der Waals surface area contributed by atoms with Crippen LogP contribution in [0.3, 0.4) is 0 Å². The van der Waals surface area contributed by atoms with Crippen molar-refractivity contribution in [3.05, 3.63) is 96.5 Å². The third kappa shape index (κ3) is 5.93. The van der Waals surface area contributed by atoms with Crippen molar-refractivity contribution < 1.29 is 27.5 Å². The molecule has 1 heterocycles. The fourth-order valence-electron chi connectivity index (χ4n) is 3.79. The summed E-state index contributed by atoms with van der Waals surface area (Å²) in [5, 5.41) is 12.0. The molecule has 0 amide bonds. The second kappa shape index (κ2) is 11.2. The fourth-order valence-corrected chi connectivity index (χ4v) is 4.18. The molecular weight excluding hydrogens is 550 g/mol. The quantitative estimate of drug-likeness (QED) is 0.293. The smallest absolute Gasteiger partial charge is 0.418 e. The molecule has 2 N–H and O–H groups in total. The molecule has 192 valence electrons. The maximum Gasteiger partial charge on any atom is 0.418 e. The van der Waals surface area contributed by atoms with Gasteiger partial charge >= 0.3 is 17.8 Å². The Balaban J connectivity index is 2.16. The second-order valence-corrected chi connectivity index (χ2v) is 8.77. The normalized spacial score (nSPS) is 12.5. The van der Waals surface area contributed by atoms with Crippen LogP contribution in [-0.2, 0) is 17.5 Å². The van der Waals surface area contributed by atoms with E-state index in [-0.39, 0.29) is 36.1 Å². The lowest BCUT2D eigenvalue weighted by Crippen LogP contribution is -2.44. The molecule has 1 atom stereocenters. The maximum absolute atomic E-state index is 14.8. The Morgan fingerprint density at radius 2 is 1.78 bits per heavy atom. The highest BCUT2D eigenvalue weighted by atomic mass is 79.9. The number of rotatable bonds is 9. The molecule has 0 aliphatic carbocycles. The van der Waals surface area contributed by atoms with Crippen LogP contribution in [0.4, 0.5) is 17.6 Å². The van der Waals surface area contributed by atoms with Gasteiger partial charge in [-0.1, -0.05) is 36.4 Å². The van der Waals surface area contributed by atoms with E-state index in [0.29, 0.717) is 16.2 Å². The first-order chi connectivity index (χ1) is 16.9. The van der Waals surface area contributed by atoms with E-state index in [0.717, 1.165) is 16.7 Å². The lowest BCUT2D eigenvalue weighted by Gasteiger charge is -2.23. The summed E-state index contributed by atoms with van der Waals surface area (Å²) in [6.07, 6.45) is -4.81. The lowest BCUT2D eigenvalue weighted by molar-refractivity contribution is -0.138. The molecule has 3 rings (SSSR count). The minimum absolute atomic E-state index is 0.106. The number of nitrogens with one attached hydrogen (secondary N) is 1. The van der Waals surface area contributed by atoms with Crippen LogP contribution < -0.4 is 16.6 Å². The van der Waals surface area contributed by atoms with Crippen LogP contribution >= 0.6 is 15.9 Å². The highest BCUT2D eigenvalue weighted by molar-refractivity contribution is 9.10. The minimum atomic E-state index is -4.96. The summed E-state index contributed by atoms with van der Waals surface area (Å²) in [5.74, 6) is -2.27. The van der Waals surface area contributed by atoms with Crippen molar-refractivity contribution in [2.24, 2.45) is 0 Å². The summed E-state index contributed by atoms with van der Waals surface area (Å²) >= 11 is 3.06. The molecule has 0 bridgehead atoms. The average Bonchev–Trinajstić information content (AvgIpc) is 2.82. The number of hydrogen-bond acceptors (Lipinski definition) is 4. The first-order valence-electron chi connectivity index (χ1n) is 10.8. The molecule has 0 aliphatic heterocycles. The Labute approximate surface area is 211 Å². The molecule has 3 aromatic rings. The fraction of sp³-hybridized carbons (Fsp3) is 0.292. The molecule has 0 spiro atoms. The van der Waals surface area contributed by atoms with Crippen LogP contribution in [-0.4, -0.2) is 26.8 Å². The Kier molecular flexibility index (Phi) is 8.51. The van der Waals surface area contributed by atoms with Gasteiger partial charge in [-0.05, 0) is 53.5 Å². The predicted molar refractivity (Wildman–Crippen MR) is 128 cm³/mol. The topological polar surface area (TPSA) is 93.3 Å². The number of carboxylic acids is 1. The number of halogens is 5. The van der Waals surface area contributed by atoms with Crippen molar-refractivity contribution in [3.8, 4) is 5.69 Å². The van der Waals surface area contributed by atoms with Gasteiger partial charge in [-0.2, -0.15) is 13.2 Å². The van der Waals surface area contributed by atoms with Gasteiger partial charge in [0.05, 0.1) is 23.8 Å².